The van der Waals surface area contributed by atoms with E-state index >= 15 is 0 Å². The van der Waals surface area contributed by atoms with Gasteiger partial charge in [0.15, 0.2) is 0 Å². The first-order valence-corrected chi connectivity index (χ1v) is 6.01. The number of amides is 1. The van der Waals surface area contributed by atoms with Crippen molar-refractivity contribution in [2.45, 2.75) is 13.3 Å². The van der Waals surface area contributed by atoms with Crippen LogP contribution in [0.25, 0.3) is 0 Å². The molecule has 0 radical (unpaired) electrons. The van der Waals surface area contributed by atoms with E-state index < -0.39 is 23.8 Å². The third-order valence-corrected chi connectivity index (χ3v) is 3.10. The number of piperidine rings is 1. The zero-order valence-electron chi connectivity index (χ0n) is 10.7. The van der Waals surface area contributed by atoms with E-state index in [0.717, 1.165) is 0 Å². The van der Waals surface area contributed by atoms with Crippen molar-refractivity contribution in [1.82, 2.24) is 4.90 Å². The summed E-state index contributed by atoms with van der Waals surface area (Å²) in [7, 11) is 0. The van der Waals surface area contributed by atoms with Crippen LogP contribution in [0.1, 0.15) is 13.3 Å². The molecule has 1 saturated heterocycles. The van der Waals surface area contributed by atoms with Crippen LogP contribution in [0.2, 0.25) is 0 Å². The van der Waals surface area contributed by atoms with Gasteiger partial charge in [0.25, 0.3) is 0 Å². The standard InChI is InChI=1S/C13H17NO5/c1-2-3-4-5-11(15)14-7-6-9(12(16)17)10(8-14)13(18)19/h2-5,9-10H,6-8H2,1H3,(H,16,17)(H,18,19). The lowest BCUT2D eigenvalue weighted by Crippen LogP contribution is -2.48. The Morgan fingerprint density at radius 1 is 1.11 bits per heavy atom. The van der Waals surface area contributed by atoms with Gasteiger partial charge in [-0.15, -0.1) is 0 Å². The van der Waals surface area contributed by atoms with Gasteiger partial charge in [0.05, 0.1) is 11.8 Å². The summed E-state index contributed by atoms with van der Waals surface area (Å²) in [4.78, 5) is 35.2. The Bertz CT molecular complexity index is 427. The van der Waals surface area contributed by atoms with Crippen LogP contribution in [-0.4, -0.2) is 46.0 Å². The molecule has 2 atom stereocenters. The van der Waals surface area contributed by atoms with E-state index in [0.29, 0.717) is 0 Å². The Balaban J connectivity index is 2.74. The zero-order valence-corrected chi connectivity index (χ0v) is 10.7. The smallest absolute Gasteiger partial charge is 0.309 e. The van der Waals surface area contributed by atoms with Crippen molar-refractivity contribution < 1.29 is 24.6 Å². The molecule has 6 nitrogen and oxygen atoms in total. The molecule has 1 aliphatic rings. The van der Waals surface area contributed by atoms with Crippen molar-refractivity contribution in [1.29, 1.82) is 0 Å². The number of allylic oxidation sites excluding steroid dienone is 3. The normalized spacial score (nSPS) is 23.9. The molecule has 19 heavy (non-hydrogen) atoms. The van der Waals surface area contributed by atoms with Gasteiger partial charge in [0.2, 0.25) is 5.91 Å². The summed E-state index contributed by atoms with van der Waals surface area (Å²) in [6, 6.07) is 0. The molecule has 2 N–H and O–H groups in total. The third kappa shape index (κ3) is 3.94. The van der Waals surface area contributed by atoms with E-state index in [1.165, 1.54) is 11.0 Å². The second-order valence-corrected chi connectivity index (χ2v) is 4.35. The molecule has 2 unspecified atom stereocenters. The molecule has 0 aliphatic carbocycles. The van der Waals surface area contributed by atoms with Crippen LogP contribution in [0.4, 0.5) is 0 Å². The Kier molecular flexibility index (Phi) is 5.29. The topological polar surface area (TPSA) is 94.9 Å². The van der Waals surface area contributed by atoms with Crippen LogP contribution in [0.3, 0.4) is 0 Å². The van der Waals surface area contributed by atoms with Gasteiger partial charge in [0.1, 0.15) is 0 Å². The minimum absolute atomic E-state index is 0.0642. The zero-order chi connectivity index (χ0) is 14.4. The number of aliphatic carboxylic acids is 2. The van der Waals surface area contributed by atoms with Crippen LogP contribution in [0.5, 0.6) is 0 Å². The summed E-state index contributed by atoms with van der Waals surface area (Å²) in [6.45, 7) is 2.01. The largest absolute Gasteiger partial charge is 0.481 e. The van der Waals surface area contributed by atoms with Gasteiger partial charge in [-0.25, -0.2) is 0 Å². The van der Waals surface area contributed by atoms with E-state index in [2.05, 4.69) is 0 Å². The molecule has 6 heteroatoms. The molecule has 0 aromatic rings. The van der Waals surface area contributed by atoms with Gasteiger partial charge in [0, 0.05) is 19.2 Å². The van der Waals surface area contributed by atoms with Gasteiger partial charge in [-0.1, -0.05) is 18.2 Å². The van der Waals surface area contributed by atoms with Gasteiger partial charge < -0.3 is 15.1 Å². The molecule has 104 valence electrons. The van der Waals surface area contributed by atoms with Crippen molar-refractivity contribution in [2.75, 3.05) is 13.1 Å². The van der Waals surface area contributed by atoms with Gasteiger partial charge >= 0.3 is 11.9 Å². The fraction of sp³-hybridized carbons (Fsp3) is 0.462. The second kappa shape index (κ2) is 6.72. The van der Waals surface area contributed by atoms with Crippen molar-refractivity contribution in [3.63, 3.8) is 0 Å². The molecule has 1 heterocycles. The van der Waals surface area contributed by atoms with Gasteiger partial charge in [-0.2, -0.15) is 0 Å². The Morgan fingerprint density at radius 2 is 1.74 bits per heavy atom. The second-order valence-electron chi connectivity index (χ2n) is 4.35. The summed E-state index contributed by atoms with van der Waals surface area (Å²) in [5.74, 6) is -4.58. The lowest BCUT2D eigenvalue weighted by Gasteiger charge is -2.33. The molecule has 1 aliphatic heterocycles. The van der Waals surface area contributed by atoms with E-state index in [1.807, 2.05) is 6.92 Å². The van der Waals surface area contributed by atoms with Crippen molar-refractivity contribution in [2.24, 2.45) is 11.8 Å². The maximum Gasteiger partial charge on any atom is 0.309 e. The predicted molar refractivity (Wildman–Crippen MR) is 67.4 cm³/mol. The molecule has 0 spiro atoms. The molecule has 1 amide bonds. The van der Waals surface area contributed by atoms with E-state index in [1.54, 1.807) is 18.2 Å². The number of rotatable bonds is 4. The SMILES string of the molecule is CC=CC=CC(=O)N1CCC(C(=O)O)C(C(=O)O)C1. The molecule has 1 fully saturated rings. The van der Waals surface area contributed by atoms with E-state index in [9.17, 15) is 14.4 Å². The number of carbonyl (C=O) groups excluding carboxylic acids is 1. The Hall–Kier alpha value is -2.11. The molecular formula is C13H17NO5. The minimum Gasteiger partial charge on any atom is -0.481 e. The molecule has 1 rings (SSSR count). The van der Waals surface area contributed by atoms with Gasteiger partial charge in [-0.3, -0.25) is 14.4 Å². The first kappa shape index (κ1) is 14.9. The Morgan fingerprint density at radius 3 is 2.26 bits per heavy atom. The molecule has 0 bridgehead atoms. The number of nitrogens with zero attached hydrogens (tertiary/aromatic N) is 1. The highest BCUT2D eigenvalue weighted by Gasteiger charge is 2.39. The lowest BCUT2D eigenvalue weighted by molar-refractivity contribution is -0.158. The van der Waals surface area contributed by atoms with Crippen LogP contribution < -0.4 is 0 Å². The first-order valence-electron chi connectivity index (χ1n) is 6.01. The fourth-order valence-corrected chi connectivity index (χ4v) is 2.05. The van der Waals surface area contributed by atoms with Crippen LogP contribution in [-0.2, 0) is 14.4 Å². The highest BCUT2D eigenvalue weighted by atomic mass is 16.4. The maximum absolute atomic E-state index is 11.8. The van der Waals surface area contributed by atoms with Crippen molar-refractivity contribution in [3.8, 4) is 0 Å². The van der Waals surface area contributed by atoms with Crippen LogP contribution >= 0.6 is 0 Å². The highest BCUT2D eigenvalue weighted by Crippen LogP contribution is 2.24. The summed E-state index contributed by atoms with van der Waals surface area (Å²) >= 11 is 0. The summed E-state index contributed by atoms with van der Waals surface area (Å²) in [6.07, 6.45) is 6.54. The first-order chi connectivity index (χ1) is 8.97. The quantitative estimate of drug-likeness (QED) is 0.579. The van der Waals surface area contributed by atoms with Crippen LogP contribution in [0, 0.1) is 11.8 Å². The van der Waals surface area contributed by atoms with Gasteiger partial charge in [-0.05, 0) is 13.3 Å². The lowest BCUT2D eigenvalue weighted by atomic mass is 9.85. The maximum atomic E-state index is 11.8. The molecule has 0 saturated carbocycles. The predicted octanol–water partition coefficient (Wildman–Crippen LogP) is 0.753. The minimum atomic E-state index is -1.18. The van der Waals surface area contributed by atoms with E-state index in [-0.39, 0.29) is 25.4 Å². The summed E-state index contributed by atoms with van der Waals surface area (Å²) in [5, 5.41) is 18.0. The Labute approximate surface area is 111 Å². The molecular weight excluding hydrogens is 250 g/mol. The van der Waals surface area contributed by atoms with Crippen LogP contribution in [0.15, 0.2) is 24.3 Å². The monoisotopic (exact) mass is 267 g/mol. The number of carbonyl (C=O) groups is 3. The van der Waals surface area contributed by atoms with Crippen molar-refractivity contribution in [3.05, 3.63) is 24.3 Å². The molecule has 0 aromatic carbocycles. The number of hydrogen-bond acceptors (Lipinski definition) is 3. The summed E-state index contributed by atoms with van der Waals surface area (Å²) < 4.78 is 0. The number of carboxylic acid groups (broad SMARTS) is 2. The number of hydrogen-bond donors (Lipinski definition) is 2. The average molecular weight is 267 g/mol. The number of carboxylic acids is 2. The highest BCUT2D eigenvalue weighted by molar-refractivity contribution is 5.89. The molecule has 0 aromatic heterocycles. The third-order valence-electron chi connectivity index (χ3n) is 3.10. The fourth-order valence-electron chi connectivity index (χ4n) is 2.05. The number of likely N-dealkylation sites (tertiary alicyclic amines) is 1. The van der Waals surface area contributed by atoms with Crippen molar-refractivity contribution >= 4 is 17.8 Å². The van der Waals surface area contributed by atoms with E-state index in [4.69, 9.17) is 10.2 Å². The summed E-state index contributed by atoms with van der Waals surface area (Å²) in [5.41, 5.74) is 0. The average Bonchev–Trinajstić information content (AvgIpc) is 2.38.